The molecule has 0 radical (unpaired) electrons. The Morgan fingerprint density at radius 2 is 1.59 bits per heavy atom. The Kier molecular flexibility index (Phi) is 7.70. The van der Waals surface area contributed by atoms with Gasteiger partial charge in [-0.25, -0.2) is 0 Å². The molecular formula is C28H33N3O3. The first kappa shape index (κ1) is 23.6. The molecule has 1 fully saturated rings. The zero-order chi connectivity index (χ0) is 23.9. The lowest BCUT2D eigenvalue weighted by Crippen LogP contribution is -2.46. The standard InChI is InChI=1S/C28H33N3O3/c1-21-7-10-24(11-8-21)28(32)29-19-22-5-4-6-25(17-22)31-15-13-30(14-16-31)20-23-9-12-26(33-2)27(18-23)34-3/h4-12,17-18H,13-16,19-20H2,1-3H3,(H,29,32). The quantitative estimate of drug-likeness (QED) is 0.545. The number of carbonyl (C=O) groups excluding carboxylic acids is 1. The van der Waals surface area contributed by atoms with Crippen LogP contribution in [0.2, 0.25) is 0 Å². The van der Waals surface area contributed by atoms with Crippen molar-refractivity contribution >= 4 is 11.6 Å². The largest absolute Gasteiger partial charge is 0.493 e. The van der Waals surface area contributed by atoms with Crippen molar-refractivity contribution in [2.45, 2.75) is 20.0 Å². The molecule has 3 aromatic rings. The molecule has 1 N–H and O–H groups in total. The summed E-state index contributed by atoms with van der Waals surface area (Å²) in [4.78, 5) is 17.3. The normalized spacial score (nSPS) is 14.0. The number of carbonyl (C=O) groups is 1. The van der Waals surface area contributed by atoms with Crippen LogP contribution in [0.25, 0.3) is 0 Å². The summed E-state index contributed by atoms with van der Waals surface area (Å²) in [6.07, 6.45) is 0. The number of rotatable bonds is 8. The summed E-state index contributed by atoms with van der Waals surface area (Å²) in [7, 11) is 3.33. The van der Waals surface area contributed by atoms with Crippen LogP contribution in [0.5, 0.6) is 11.5 Å². The van der Waals surface area contributed by atoms with E-state index >= 15 is 0 Å². The van der Waals surface area contributed by atoms with E-state index in [9.17, 15) is 4.79 Å². The summed E-state index contributed by atoms with van der Waals surface area (Å²) < 4.78 is 10.8. The van der Waals surface area contributed by atoms with Gasteiger partial charge in [0.25, 0.3) is 5.91 Å². The van der Waals surface area contributed by atoms with Gasteiger partial charge in [0, 0.05) is 50.5 Å². The molecule has 4 rings (SSSR count). The van der Waals surface area contributed by atoms with E-state index in [2.05, 4.69) is 51.5 Å². The highest BCUT2D eigenvalue weighted by molar-refractivity contribution is 5.94. The summed E-state index contributed by atoms with van der Waals surface area (Å²) in [6.45, 7) is 7.33. The van der Waals surface area contributed by atoms with Crippen molar-refractivity contribution in [2.24, 2.45) is 0 Å². The number of aryl methyl sites for hydroxylation is 1. The predicted molar refractivity (Wildman–Crippen MR) is 136 cm³/mol. The van der Waals surface area contributed by atoms with Crippen molar-refractivity contribution in [1.82, 2.24) is 10.2 Å². The van der Waals surface area contributed by atoms with Crippen molar-refractivity contribution in [2.75, 3.05) is 45.3 Å². The van der Waals surface area contributed by atoms with Crippen LogP contribution in [0.1, 0.15) is 27.0 Å². The van der Waals surface area contributed by atoms with Gasteiger partial charge in [0.05, 0.1) is 14.2 Å². The van der Waals surface area contributed by atoms with Crippen LogP contribution in [-0.4, -0.2) is 51.2 Å². The Balaban J connectivity index is 1.30. The number of hydrogen-bond donors (Lipinski definition) is 1. The molecule has 0 bridgehead atoms. The molecule has 1 aliphatic heterocycles. The zero-order valence-electron chi connectivity index (χ0n) is 20.2. The van der Waals surface area contributed by atoms with Gasteiger partial charge >= 0.3 is 0 Å². The van der Waals surface area contributed by atoms with Gasteiger partial charge in [-0.1, -0.05) is 35.9 Å². The summed E-state index contributed by atoms with van der Waals surface area (Å²) in [5, 5.41) is 3.03. The second-order valence-electron chi connectivity index (χ2n) is 8.67. The van der Waals surface area contributed by atoms with E-state index in [-0.39, 0.29) is 5.91 Å². The van der Waals surface area contributed by atoms with Crippen LogP contribution in [0.3, 0.4) is 0 Å². The molecule has 0 aromatic heterocycles. The van der Waals surface area contributed by atoms with Gasteiger partial charge in [-0.15, -0.1) is 0 Å². The molecule has 1 heterocycles. The summed E-state index contributed by atoms with van der Waals surface area (Å²) >= 11 is 0. The number of anilines is 1. The van der Waals surface area contributed by atoms with E-state index in [1.165, 1.54) is 11.3 Å². The molecule has 0 spiro atoms. The zero-order valence-corrected chi connectivity index (χ0v) is 20.2. The number of amides is 1. The molecule has 1 aliphatic rings. The summed E-state index contributed by atoms with van der Waals surface area (Å²) in [6, 6.07) is 22.2. The Morgan fingerprint density at radius 3 is 2.29 bits per heavy atom. The highest BCUT2D eigenvalue weighted by Crippen LogP contribution is 2.28. The molecule has 0 aliphatic carbocycles. The minimum absolute atomic E-state index is 0.0471. The molecule has 3 aromatic carbocycles. The monoisotopic (exact) mass is 459 g/mol. The van der Waals surface area contributed by atoms with Gasteiger partial charge < -0.3 is 19.7 Å². The smallest absolute Gasteiger partial charge is 0.251 e. The highest BCUT2D eigenvalue weighted by atomic mass is 16.5. The van der Waals surface area contributed by atoms with Crippen molar-refractivity contribution in [3.05, 3.63) is 89.0 Å². The second-order valence-corrected chi connectivity index (χ2v) is 8.67. The summed E-state index contributed by atoms with van der Waals surface area (Å²) in [5.41, 5.74) is 5.36. The van der Waals surface area contributed by atoms with Crippen LogP contribution in [0, 0.1) is 6.92 Å². The molecule has 1 saturated heterocycles. The van der Waals surface area contributed by atoms with Gasteiger partial charge in [-0.2, -0.15) is 0 Å². The van der Waals surface area contributed by atoms with E-state index in [0.29, 0.717) is 12.1 Å². The van der Waals surface area contributed by atoms with Crippen molar-refractivity contribution in [1.29, 1.82) is 0 Å². The number of benzene rings is 3. The van der Waals surface area contributed by atoms with E-state index in [1.54, 1.807) is 14.2 Å². The lowest BCUT2D eigenvalue weighted by molar-refractivity contribution is 0.0951. The average Bonchev–Trinajstić information content (AvgIpc) is 2.88. The fourth-order valence-electron chi connectivity index (χ4n) is 4.25. The predicted octanol–water partition coefficient (Wildman–Crippen LogP) is 4.26. The van der Waals surface area contributed by atoms with E-state index < -0.39 is 0 Å². The maximum absolute atomic E-state index is 12.4. The molecule has 0 saturated carbocycles. The number of nitrogens with one attached hydrogen (secondary N) is 1. The topological polar surface area (TPSA) is 54.0 Å². The van der Waals surface area contributed by atoms with Gasteiger partial charge in [-0.05, 0) is 54.4 Å². The van der Waals surface area contributed by atoms with Crippen LogP contribution >= 0.6 is 0 Å². The molecule has 1 amide bonds. The minimum Gasteiger partial charge on any atom is -0.493 e. The first-order valence-electron chi connectivity index (χ1n) is 11.7. The number of ether oxygens (including phenoxy) is 2. The lowest BCUT2D eigenvalue weighted by Gasteiger charge is -2.36. The van der Waals surface area contributed by atoms with Gasteiger partial charge in [0.15, 0.2) is 11.5 Å². The Bertz CT molecular complexity index is 1110. The number of hydrogen-bond acceptors (Lipinski definition) is 5. The maximum Gasteiger partial charge on any atom is 0.251 e. The van der Waals surface area contributed by atoms with Crippen molar-refractivity contribution in [3.63, 3.8) is 0 Å². The van der Waals surface area contributed by atoms with E-state index in [0.717, 1.165) is 55.3 Å². The number of nitrogens with zero attached hydrogens (tertiary/aromatic N) is 2. The average molecular weight is 460 g/mol. The van der Waals surface area contributed by atoms with Crippen LogP contribution in [0.15, 0.2) is 66.7 Å². The molecule has 178 valence electrons. The SMILES string of the molecule is COc1ccc(CN2CCN(c3cccc(CNC(=O)c4ccc(C)cc4)c3)CC2)cc1OC. The van der Waals surface area contributed by atoms with Crippen LogP contribution < -0.4 is 19.7 Å². The number of methoxy groups -OCH3 is 2. The molecule has 0 unspecified atom stereocenters. The molecule has 6 nitrogen and oxygen atoms in total. The van der Waals surface area contributed by atoms with Crippen LogP contribution in [0.4, 0.5) is 5.69 Å². The maximum atomic E-state index is 12.4. The lowest BCUT2D eigenvalue weighted by atomic mass is 10.1. The fourth-order valence-corrected chi connectivity index (χ4v) is 4.25. The number of piperazine rings is 1. The minimum atomic E-state index is -0.0471. The van der Waals surface area contributed by atoms with Gasteiger partial charge in [0.1, 0.15) is 0 Å². The fraction of sp³-hybridized carbons (Fsp3) is 0.321. The van der Waals surface area contributed by atoms with E-state index in [4.69, 9.17) is 9.47 Å². The second kappa shape index (κ2) is 11.1. The molecule has 0 atom stereocenters. The Labute approximate surface area is 202 Å². The van der Waals surface area contributed by atoms with Crippen molar-refractivity contribution in [3.8, 4) is 11.5 Å². The molecule has 34 heavy (non-hydrogen) atoms. The van der Waals surface area contributed by atoms with Crippen LogP contribution in [-0.2, 0) is 13.1 Å². The first-order valence-corrected chi connectivity index (χ1v) is 11.7. The van der Waals surface area contributed by atoms with Crippen molar-refractivity contribution < 1.29 is 14.3 Å². The molecule has 6 heteroatoms. The third kappa shape index (κ3) is 5.88. The van der Waals surface area contributed by atoms with Gasteiger partial charge in [0.2, 0.25) is 0 Å². The van der Waals surface area contributed by atoms with E-state index in [1.807, 2.05) is 37.3 Å². The summed E-state index contributed by atoms with van der Waals surface area (Å²) in [5.74, 6) is 1.48. The molecular weight excluding hydrogens is 426 g/mol. The Morgan fingerprint density at radius 1 is 0.853 bits per heavy atom. The first-order chi connectivity index (χ1) is 16.6. The van der Waals surface area contributed by atoms with Gasteiger partial charge in [-0.3, -0.25) is 9.69 Å². The Hall–Kier alpha value is -3.51. The third-order valence-corrected chi connectivity index (χ3v) is 6.27. The highest BCUT2D eigenvalue weighted by Gasteiger charge is 2.18. The third-order valence-electron chi connectivity index (χ3n) is 6.27.